The molecule has 0 aliphatic heterocycles. The summed E-state index contributed by atoms with van der Waals surface area (Å²) in [6.07, 6.45) is -18.5. The zero-order valence-corrected chi connectivity index (χ0v) is 13.9. The van der Waals surface area contributed by atoms with Crippen molar-refractivity contribution in [2.24, 2.45) is 0 Å². The van der Waals surface area contributed by atoms with Gasteiger partial charge in [-0.05, 0) is 20.8 Å². The number of alkyl halides is 6. The highest BCUT2D eigenvalue weighted by Crippen LogP contribution is 2.25. The van der Waals surface area contributed by atoms with Crippen LogP contribution in [0.5, 0.6) is 0 Å². The van der Waals surface area contributed by atoms with E-state index in [9.17, 15) is 40.7 Å². The Kier molecular flexibility index (Phi) is 8.12. The van der Waals surface area contributed by atoms with Gasteiger partial charge in [-0.25, -0.2) is 9.59 Å². The smallest absolute Gasteiger partial charge is 0.425 e. The van der Waals surface area contributed by atoms with Crippen LogP contribution in [0, 0.1) is 0 Å². The average Bonchev–Trinajstić information content (AvgIpc) is 2.43. The predicted octanol–water partition coefficient (Wildman–Crippen LogP) is 2.85. The van der Waals surface area contributed by atoms with Crippen LogP contribution in [0.4, 0.5) is 26.3 Å². The van der Waals surface area contributed by atoms with Crippen LogP contribution in [0.1, 0.15) is 27.2 Å². The number of ether oxygens (including phenoxy) is 3. The molecule has 0 heterocycles. The van der Waals surface area contributed by atoms with Crippen molar-refractivity contribution in [3.63, 3.8) is 0 Å². The first-order valence-corrected chi connectivity index (χ1v) is 6.95. The molecule has 0 radical (unpaired) electrons. The molecule has 0 aliphatic carbocycles. The van der Waals surface area contributed by atoms with Crippen LogP contribution < -0.4 is 0 Å². The molecule has 0 aromatic heterocycles. The lowest BCUT2D eigenvalue weighted by atomic mass is 10.2. The van der Waals surface area contributed by atoms with Gasteiger partial charge in [0.25, 0.3) is 0 Å². The molecule has 0 saturated carbocycles. The zero-order chi connectivity index (χ0) is 20.9. The van der Waals surface area contributed by atoms with Gasteiger partial charge in [0.15, 0.2) is 12.2 Å². The molecule has 0 fully saturated rings. The number of carbonyl (C=O) groups is 3. The van der Waals surface area contributed by atoms with Crippen molar-refractivity contribution in [3.05, 3.63) is 12.2 Å². The predicted molar refractivity (Wildman–Crippen MR) is 72.5 cm³/mol. The Morgan fingerprint density at radius 3 is 1.69 bits per heavy atom. The molecule has 0 spiro atoms. The van der Waals surface area contributed by atoms with E-state index in [1.807, 2.05) is 0 Å². The highest BCUT2D eigenvalue weighted by Gasteiger charge is 2.43. The maximum atomic E-state index is 12.4. The number of rotatable bonds is 7. The molecule has 0 N–H and O–H groups in total. The Labute approximate surface area is 144 Å². The molecule has 150 valence electrons. The first kappa shape index (κ1) is 23.7. The number of hydrogen-bond acceptors (Lipinski definition) is 6. The van der Waals surface area contributed by atoms with E-state index in [0.717, 1.165) is 6.92 Å². The summed E-state index contributed by atoms with van der Waals surface area (Å²) in [6, 6.07) is 0. The van der Waals surface area contributed by atoms with E-state index in [4.69, 9.17) is 0 Å². The van der Waals surface area contributed by atoms with Crippen LogP contribution in [0.3, 0.4) is 0 Å². The Hall–Kier alpha value is -2.27. The van der Waals surface area contributed by atoms with Crippen molar-refractivity contribution in [2.45, 2.75) is 57.9 Å². The van der Waals surface area contributed by atoms with Gasteiger partial charge in [-0.2, -0.15) is 26.3 Å². The fraction of sp³-hybridized carbons (Fsp3) is 0.643. The van der Waals surface area contributed by atoms with E-state index in [1.54, 1.807) is 0 Å². The zero-order valence-electron chi connectivity index (χ0n) is 13.9. The average molecular weight is 394 g/mol. The van der Waals surface area contributed by atoms with Crippen molar-refractivity contribution in [1.82, 2.24) is 0 Å². The van der Waals surface area contributed by atoms with Gasteiger partial charge < -0.3 is 14.2 Å². The monoisotopic (exact) mass is 394 g/mol. The second-order valence-electron chi connectivity index (χ2n) is 5.17. The molecule has 12 heteroatoms. The van der Waals surface area contributed by atoms with E-state index in [0.29, 0.717) is 13.8 Å². The summed E-state index contributed by atoms with van der Waals surface area (Å²) in [5.74, 6) is -4.67. The molecular formula is C14H16F6O6. The SMILES string of the molecule is C=C(C)C(=O)OC(CC(=O)OC(C)C(F)(F)F)C(=O)OC(C)C(F)(F)F. The van der Waals surface area contributed by atoms with E-state index in [2.05, 4.69) is 20.8 Å². The first-order chi connectivity index (χ1) is 11.6. The highest BCUT2D eigenvalue weighted by molar-refractivity contribution is 5.90. The van der Waals surface area contributed by atoms with Crippen LogP contribution in [0.2, 0.25) is 0 Å². The molecule has 0 aliphatic rings. The standard InChI is InChI=1S/C14H16F6O6/c1-6(2)11(22)26-9(12(23)25-8(4)14(18,19)20)5-10(21)24-7(3)13(15,16)17/h7-9H,1,5H2,2-4H3. The van der Waals surface area contributed by atoms with Crippen molar-refractivity contribution < 1.29 is 54.9 Å². The van der Waals surface area contributed by atoms with Gasteiger partial charge in [0, 0.05) is 5.57 Å². The van der Waals surface area contributed by atoms with Gasteiger partial charge in [0.1, 0.15) is 0 Å². The third-order valence-corrected chi connectivity index (χ3v) is 2.74. The molecular weight excluding hydrogens is 378 g/mol. The maximum absolute atomic E-state index is 12.4. The molecule has 0 aromatic rings. The Bertz CT molecular complexity index is 553. The second-order valence-corrected chi connectivity index (χ2v) is 5.17. The normalized spacial score (nSPS) is 15.4. The van der Waals surface area contributed by atoms with Crippen molar-refractivity contribution in [1.29, 1.82) is 0 Å². The maximum Gasteiger partial charge on any atom is 0.425 e. The minimum atomic E-state index is -4.94. The van der Waals surface area contributed by atoms with Crippen LogP contribution in [-0.2, 0) is 28.6 Å². The molecule has 26 heavy (non-hydrogen) atoms. The van der Waals surface area contributed by atoms with E-state index in [-0.39, 0.29) is 5.57 Å². The second kappa shape index (κ2) is 8.90. The highest BCUT2D eigenvalue weighted by atomic mass is 19.4. The molecule has 6 nitrogen and oxygen atoms in total. The van der Waals surface area contributed by atoms with E-state index >= 15 is 0 Å². The van der Waals surface area contributed by atoms with E-state index < -0.39 is 55.0 Å². The first-order valence-electron chi connectivity index (χ1n) is 6.95. The fourth-order valence-electron chi connectivity index (χ4n) is 1.18. The molecule has 3 unspecified atom stereocenters. The minimum absolute atomic E-state index is 0.274. The Morgan fingerprint density at radius 1 is 0.885 bits per heavy atom. The largest absolute Gasteiger partial charge is 0.453 e. The summed E-state index contributed by atoms with van der Waals surface area (Å²) >= 11 is 0. The van der Waals surface area contributed by atoms with E-state index in [1.165, 1.54) is 0 Å². The van der Waals surface area contributed by atoms with Crippen LogP contribution in [0.15, 0.2) is 12.2 Å². The molecule has 3 atom stereocenters. The molecule has 0 saturated heterocycles. The van der Waals surface area contributed by atoms with Crippen LogP contribution >= 0.6 is 0 Å². The van der Waals surface area contributed by atoms with Crippen molar-refractivity contribution in [3.8, 4) is 0 Å². The molecule has 0 rings (SSSR count). The van der Waals surface area contributed by atoms with Crippen molar-refractivity contribution >= 4 is 17.9 Å². The summed E-state index contributed by atoms with van der Waals surface area (Å²) < 4.78 is 86.7. The molecule has 0 aromatic carbocycles. The number of halogens is 6. The summed E-state index contributed by atoms with van der Waals surface area (Å²) in [7, 11) is 0. The van der Waals surface area contributed by atoms with Crippen molar-refractivity contribution in [2.75, 3.05) is 0 Å². The summed E-state index contributed by atoms with van der Waals surface area (Å²) in [5.41, 5.74) is -0.274. The number of carbonyl (C=O) groups excluding carboxylic acids is 3. The Morgan fingerprint density at radius 2 is 1.31 bits per heavy atom. The fourth-order valence-corrected chi connectivity index (χ4v) is 1.18. The Balaban J connectivity index is 5.17. The summed E-state index contributed by atoms with van der Waals surface area (Å²) in [6.45, 7) is 5.26. The lowest BCUT2D eigenvalue weighted by Gasteiger charge is -2.22. The van der Waals surface area contributed by atoms with Gasteiger partial charge in [-0.15, -0.1) is 0 Å². The summed E-state index contributed by atoms with van der Waals surface area (Å²) in [4.78, 5) is 34.6. The van der Waals surface area contributed by atoms with Gasteiger partial charge in [0.2, 0.25) is 6.10 Å². The lowest BCUT2D eigenvalue weighted by molar-refractivity contribution is -0.224. The summed E-state index contributed by atoms with van der Waals surface area (Å²) in [5, 5.41) is 0. The van der Waals surface area contributed by atoms with Crippen LogP contribution in [0.25, 0.3) is 0 Å². The molecule has 0 amide bonds. The quantitative estimate of drug-likeness (QED) is 0.286. The van der Waals surface area contributed by atoms with Gasteiger partial charge in [-0.3, -0.25) is 4.79 Å². The van der Waals surface area contributed by atoms with Gasteiger partial charge >= 0.3 is 30.3 Å². The van der Waals surface area contributed by atoms with Crippen LogP contribution in [-0.4, -0.2) is 48.6 Å². The van der Waals surface area contributed by atoms with Gasteiger partial charge in [-0.1, -0.05) is 6.58 Å². The number of esters is 3. The minimum Gasteiger partial charge on any atom is -0.453 e. The number of hydrogen-bond donors (Lipinski definition) is 0. The molecule has 0 bridgehead atoms. The topological polar surface area (TPSA) is 78.9 Å². The van der Waals surface area contributed by atoms with Gasteiger partial charge in [0.05, 0.1) is 6.42 Å². The third kappa shape index (κ3) is 8.21. The third-order valence-electron chi connectivity index (χ3n) is 2.74. The lowest BCUT2D eigenvalue weighted by Crippen LogP contribution is -2.39.